The van der Waals surface area contributed by atoms with Gasteiger partial charge in [0.05, 0.1) is 11.2 Å². The molecule has 1 N–H and O–H groups in total. The number of nitrogens with one attached hydrogen (secondary N) is 1. The molecule has 1 aromatic heterocycles. The van der Waals surface area contributed by atoms with E-state index in [2.05, 4.69) is 28.3 Å². The molecule has 18 heavy (non-hydrogen) atoms. The van der Waals surface area contributed by atoms with Gasteiger partial charge >= 0.3 is 0 Å². The Morgan fingerprint density at radius 3 is 2.89 bits per heavy atom. The van der Waals surface area contributed by atoms with E-state index in [4.69, 9.17) is 11.6 Å². The van der Waals surface area contributed by atoms with Gasteiger partial charge < -0.3 is 5.32 Å². The van der Waals surface area contributed by atoms with Crippen LogP contribution >= 0.6 is 23.4 Å². The number of hydrogen-bond donors (Lipinski definition) is 1. The van der Waals surface area contributed by atoms with Crippen molar-refractivity contribution >= 4 is 23.4 Å². The first-order chi connectivity index (χ1) is 8.79. The number of aromatic nitrogens is 2. The van der Waals surface area contributed by atoms with Gasteiger partial charge in [-0.25, -0.2) is 4.98 Å². The van der Waals surface area contributed by atoms with Gasteiger partial charge in [0, 0.05) is 23.8 Å². The summed E-state index contributed by atoms with van der Waals surface area (Å²) in [6, 6.07) is 6.09. The number of nitrogens with zero attached hydrogens (tertiary/aromatic N) is 2. The van der Waals surface area contributed by atoms with Crippen LogP contribution in [0.2, 0.25) is 5.02 Å². The van der Waals surface area contributed by atoms with E-state index < -0.39 is 0 Å². The van der Waals surface area contributed by atoms with Crippen LogP contribution in [0.5, 0.6) is 0 Å². The highest BCUT2D eigenvalue weighted by Gasteiger charge is 2.05. The number of halogens is 1. The zero-order valence-corrected chi connectivity index (χ0v) is 11.6. The summed E-state index contributed by atoms with van der Waals surface area (Å²) in [5.74, 6) is 0. The van der Waals surface area contributed by atoms with Gasteiger partial charge in [0.2, 0.25) is 0 Å². The SMILES string of the molecule is CCNCc1ccc(Sc2cnccn2)c(Cl)c1. The van der Waals surface area contributed by atoms with Crippen LogP contribution in [-0.4, -0.2) is 16.5 Å². The second kappa shape index (κ2) is 6.73. The van der Waals surface area contributed by atoms with Crippen molar-refractivity contribution in [3.05, 3.63) is 47.4 Å². The number of rotatable bonds is 5. The minimum absolute atomic E-state index is 0.751. The Balaban J connectivity index is 2.10. The molecule has 0 unspecified atom stereocenters. The topological polar surface area (TPSA) is 37.8 Å². The fraction of sp³-hybridized carbons (Fsp3) is 0.231. The maximum absolute atomic E-state index is 6.26. The van der Waals surface area contributed by atoms with Crippen molar-refractivity contribution in [3.63, 3.8) is 0 Å². The van der Waals surface area contributed by atoms with Crippen LogP contribution in [0.1, 0.15) is 12.5 Å². The maximum atomic E-state index is 6.26. The predicted octanol–water partition coefficient (Wildman–Crippen LogP) is 3.39. The van der Waals surface area contributed by atoms with Crippen LogP contribution < -0.4 is 5.32 Å². The summed E-state index contributed by atoms with van der Waals surface area (Å²) in [6.45, 7) is 3.87. The van der Waals surface area contributed by atoms with E-state index in [9.17, 15) is 0 Å². The molecule has 94 valence electrons. The second-order valence-electron chi connectivity index (χ2n) is 3.69. The van der Waals surface area contributed by atoms with Gasteiger partial charge in [-0.1, -0.05) is 36.4 Å². The van der Waals surface area contributed by atoms with Gasteiger partial charge in [0.1, 0.15) is 5.03 Å². The van der Waals surface area contributed by atoms with Gasteiger partial charge in [-0.05, 0) is 24.2 Å². The minimum atomic E-state index is 0.751. The highest BCUT2D eigenvalue weighted by Crippen LogP contribution is 2.32. The van der Waals surface area contributed by atoms with Gasteiger partial charge in [-0.15, -0.1) is 0 Å². The Morgan fingerprint density at radius 1 is 1.33 bits per heavy atom. The van der Waals surface area contributed by atoms with Crippen molar-refractivity contribution in [2.45, 2.75) is 23.4 Å². The van der Waals surface area contributed by atoms with E-state index in [0.717, 1.165) is 28.0 Å². The Morgan fingerprint density at radius 2 is 2.22 bits per heavy atom. The van der Waals surface area contributed by atoms with Crippen molar-refractivity contribution < 1.29 is 0 Å². The monoisotopic (exact) mass is 279 g/mol. The summed E-state index contributed by atoms with van der Waals surface area (Å²) >= 11 is 7.78. The van der Waals surface area contributed by atoms with Crippen molar-refractivity contribution in [2.75, 3.05) is 6.54 Å². The standard InChI is InChI=1S/C13H14ClN3S/c1-2-15-8-10-3-4-12(11(14)7-10)18-13-9-16-5-6-17-13/h3-7,9,15H,2,8H2,1H3. The summed E-state index contributed by atoms with van der Waals surface area (Å²) < 4.78 is 0. The summed E-state index contributed by atoms with van der Waals surface area (Å²) in [5, 5.41) is 4.87. The Bertz CT molecular complexity index is 505. The van der Waals surface area contributed by atoms with Crippen molar-refractivity contribution in [3.8, 4) is 0 Å². The van der Waals surface area contributed by atoms with E-state index in [1.807, 2.05) is 12.1 Å². The van der Waals surface area contributed by atoms with E-state index in [1.165, 1.54) is 17.3 Å². The van der Waals surface area contributed by atoms with Crippen molar-refractivity contribution in [2.24, 2.45) is 0 Å². The molecule has 0 radical (unpaired) electrons. The molecule has 0 atom stereocenters. The molecule has 0 bridgehead atoms. The lowest BCUT2D eigenvalue weighted by atomic mass is 10.2. The molecular formula is C13H14ClN3S. The van der Waals surface area contributed by atoms with Crippen LogP contribution in [0.25, 0.3) is 0 Å². The zero-order valence-electron chi connectivity index (χ0n) is 10.1. The lowest BCUT2D eigenvalue weighted by molar-refractivity contribution is 0.726. The van der Waals surface area contributed by atoms with Crippen LogP contribution in [0.3, 0.4) is 0 Å². The lowest BCUT2D eigenvalue weighted by Crippen LogP contribution is -2.11. The molecule has 0 fully saturated rings. The third kappa shape index (κ3) is 3.70. The molecule has 0 saturated carbocycles. The van der Waals surface area contributed by atoms with Crippen LogP contribution in [0, 0.1) is 0 Å². The molecule has 0 amide bonds. The van der Waals surface area contributed by atoms with Crippen LogP contribution in [-0.2, 0) is 6.54 Å². The van der Waals surface area contributed by atoms with Gasteiger partial charge in [0.25, 0.3) is 0 Å². The quantitative estimate of drug-likeness (QED) is 0.910. The highest BCUT2D eigenvalue weighted by atomic mass is 35.5. The number of hydrogen-bond acceptors (Lipinski definition) is 4. The van der Waals surface area contributed by atoms with E-state index in [1.54, 1.807) is 18.6 Å². The predicted molar refractivity (Wildman–Crippen MR) is 75.0 cm³/mol. The van der Waals surface area contributed by atoms with Crippen molar-refractivity contribution in [1.82, 2.24) is 15.3 Å². The first-order valence-corrected chi connectivity index (χ1v) is 6.92. The first-order valence-electron chi connectivity index (χ1n) is 5.72. The van der Waals surface area contributed by atoms with E-state index >= 15 is 0 Å². The summed E-state index contributed by atoms with van der Waals surface area (Å²) in [5.41, 5.74) is 1.19. The maximum Gasteiger partial charge on any atom is 0.119 e. The molecule has 0 saturated heterocycles. The van der Waals surface area contributed by atoms with Gasteiger partial charge in [0.15, 0.2) is 0 Å². The smallest absolute Gasteiger partial charge is 0.119 e. The average Bonchev–Trinajstić information content (AvgIpc) is 2.40. The van der Waals surface area contributed by atoms with Crippen LogP contribution in [0.15, 0.2) is 46.7 Å². The van der Waals surface area contributed by atoms with Crippen LogP contribution in [0.4, 0.5) is 0 Å². The molecule has 0 aliphatic heterocycles. The summed E-state index contributed by atoms with van der Waals surface area (Å²) in [6.07, 6.45) is 5.06. The molecular weight excluding hydrogens is 266 g/mol. The highest BCUT2D eigenvalue weighted by molar-refractivity contribution is 7.99. The second-order valence-corrected chi connectivity index (χ2v) is 5.16. The fourth-order valence-electron chi connectivity index (χ4n) is 1.46. The lowest BCUT2D eigenvalue weighted by Gasteiger charge is -2.06. The Hall–Kier alpha value is -1.10. The van der Waals surface area contributed by atoms with Crippen molar-refractivity contribution in [1.29, 1.82) is 0 Å². The third-order valence-corrected chi connectivity index (χ3v) is 3.75. The van der Waals surface area contributed by atoms with E-state index in [-0.39, 0.29) is 0 Å². The fourth-order valence-corrected chi connectivity index (χ4v) is 2.52. The molecule has 0 spiro atoms. The molecule has 0 aliphatic rings. The molecule has 5 heteroatoms. The molecule has 3 nitrogen and oxygen atoms in total. The van der Waals surface area contributed by atoms with E-state index in [0.29, 0.717) is 0 Å². The average molecular weight is 280 g/mol. The summed E-state index contributed by atoms with van der Waals surface area (Å²) in [7, 11) is 0. The van der Waals surface area contributed by atoms with Gasteiger partial charge in [-0.3, -0.25) is 4.98 Å². The molecule has 0 aliphatic carbocycles. The van der Waals surface area contributed by atoms with Gasteiger partial charge in [-0.2, -0.15) is 0 Å². The molecule has 2 aromatic rings. The summed E-state index contributed by atoms with van der Waals surface area (Å²) in [4.78, 5) is 9.25. The third-order valence-electron chi connectivity index (χ3n) is 2.33. The molecule has 2 rings (SSSR count). The molecule has 1 heterocycles. The molecule has 1 aromatic carbocycles. The largest absolute Gasteiger partial charge is 0.313 e. The zero-order chi connectivity index (χ0) is 12.8. The Labute approximate surface area is 116 Å². The Kier molecular flexibility index (Phi) is 4.99. The minimum Gasteiger partial charge on any atom is -0.313 e. The first kappa shape index (κ1) is 13.3. The normalized spacial score (nSPS) is 10.6. The number of benzene rings is 1.